The predicted molar refractivity (Wildman–Crippen MR) is 158 cm³/mol. The van der Waals surface area contributed by atoms with Gasteiger partial charge in [0.25, 0.3) is 0 Å². The van der Waals surface area contributed by atoms with Crippen LogP contribution < -0.4 is 0 Å². The van der Waals surface area contributed by atoms with Gasteiger partial charge in [-0.1, -0.05) is 130 Å². The van der Waals surface area contributed by atoms with Crippen molar-refractivity contribution in [2.45, 2.75) is 70.8 Å². The number of halogens is 2. The SMILES string of the molecule is CCCCCCCCCOC1(OCC)C=CC(c2ccc(-c3ccc(-c4ccccc4)cc3)cc2)=C(F)C1F. The number of hydrogen-bond acceptors (Lipinski definition) is 2. The van der Waals surface area contributed by atoms with E-state index < -0.39 is 17.8 Å². The van der Waals surface area contributed by atoms with Gasteiger partial charge in [0.05, 0.1) is 6.61 Å². The lowest BCUT2D eigenvalue weighted by Crippen LogP contribution is -2.46. The monoisotopic (exact) mass is 530 g/mol. The highest BCUT2D eigenvalue weighted by Crippen LogP contribution is 2.39. The van der Waals surface area contributed by atoms with Gasteiger partial charge in [-0.2, -0.15) is 0 Å². The van der Waals surface area contributed by atoms with Crippen LogP contribution in [-0.4, -0.2) is 25.2 Å². The third-order valence-corrected chi connectivity index (χ3v) is 7.28. The molecule has 0 radical (unpaired) electrons. The summed E-state index contributed by atoms with van der Waals surface area (Å²) in [5.41, 5.74) is 5.24. The molecule has 0 amide bonds. The molecular formula is C35H40F2O2. The number of allylic oxidation sites excluding steroid dienone is 2. The number of hydrogen-bond donors (Lipinski definition) is 0. The maximum atomic E-state index is 15.5. The average molecular weight is 531 g/mol. The Balaban J connectivity index is 1.40. The second-order valence-electron chi connectivity index (χ2n) is 10.1. The highest BCUT2D eigenvalue weighted by atomic mass is 19.2. The Bertz CT molecular complexity index is 1220. The van der Waals surface area contributed by atoms with Crippen molar-refractivity contribution < 1.29 is 18.3 Å². The van der Waals surface area contributed by atoms with Crippen LogP contribution in [0.5, 0.6) is 0 Å². The lowest BCUT2D eigenvalue weighted by Gasteiger charge is -2.35. The van der Waals surface area contributed by atoms with Crippen LogP contribution in [0, 0.1) is 0 Å². The van der Waals surface area contributed by atoms with Crippen molar-refractivity contribution in [3.05, 3.63) is 102 Å². The van der Waals surface area contributed by atoms with E-state index in [0.29, 0.717) is 12.2 Å². The van der Waals surface area contributed by atoms with E-state index in [0.717, 1.165) is 36.0 Å². The molecule has 0 fully saturated rings. The molecule has 3 aromatic carbocycles. The third-order valence-electron chi connectivity index (χ3n) is 7.28. The lowest BCUT2D eigenvalue weighted by atomic mass is 9.92. The number of unbranched alkanes of at least 4 members (excludes halogenated alkanes) is 6. The Morgan fingerprint density at radius 1 is 0.641 bits per heavy atom. The van der Waals surface area contributed by atoms with E-state index in [1.54, 1.807) is 13.0 Å². The quantitative estimate of drug-likeness (QED) is 0.152. The molecule has 2 atom stereocenters. The van der Waals surface area contributed by atoms with Crippen molar-refractivity contribution in [3.63, 3.8) is 0 Å². The van der Waals surface area contributed by atoms with Gasteiger partial charge in [-0.3, -0.25) is 0 Å². The predicted octanol–water partition coefficient (Wildman–Crippen LogP) is 10.1. The first-order chi connectivity index (χ1) is 19.1. The molecule has 2 nitrogen and oxygen atoms in total. The number of benzene rings is 3. The van der Waals surface area contributed by atoms with E-state index in [1.165, 1.54) is 37.3 Å². The van der Waals surface area contributed by atoms with E-state index in [9.17, 15) is 0 Å². The van der Waals surface area contributed by atoms with E-state index >= 15 is 8.78 Å². The van der Waals surface area contributed by atoms with Crippen molar-refractivity contribution in [2.24, 2.45) is 0 Å². The van der Waals surface area contributed by atoms with Gasteiger partial charge in [0.1, 0.15) is 5.83 Å². The lowest BCUT2D eigenvalue weighted by molar-refractivity contribution is -0.232. The largest absolute Gasteiger partial charge is 0.344 e. The topological polar surface area (TPSA) is 18.5 Å². The van der Waals surface area contributed by atoms with E-state index in [4.69, 9.17) is 9.47 Å². The van der Waals surface area contributed by atoms with Gasteiger partial charge in [0.2, 0.25) is 12.0 Å². The van der Waals surface area contributed by atoms with Crippen molar-refractivity contribution >= 4 is 5.57 Å². The molecule has 0 saturated carbocycles. The summed E-state index contributed by atoms with van der Waals surface area (Å²) in [6, 6.07) is 26.1. The summed E-state index contributed by atoms with van der Waals surface area (Å²) in [6.07, 6.45) is 8.98. The zero-order valence-corrected chi connectivity index (χ0v) is 23.2. The van der Waals surface area contributed by atoms with Crippen LogP contribution in [-0.2, 0) is 9.47 Å². The van der Waals surface area contributed by atoms with Crippen molar-refractivity contribution in [3.8, 4) is 22.3 Å². The second-order valence-corrected chi connectivity index (χ2v) is 10.1. The molecule has 0 N–H and O–H groups in total. The zero-order valence-electron chi connectivity index (χ0n) is 23.2. The van der Waals surface area contributed by atoms with Crippen LogP contribution in [0.25, 0.3) is 27.8 Å². The normalized spacial score (nSPS) is 19.0. The van der Waals surface area contributed by atoms with Crippen LogP contribution in [0.4, 0.5) is 8.78 Å². The molecule has 1 aliphatic carbocycles. The Morgan fingerprint density at radius 2 is 1.15 bits per heavy atom. The minimum absolute atomic E-state index is 0.224. The van der Waals surface area contributed by atoms with Gasteiger partial charge in [-0.05, 0) is 47.2 Å². The second kappa shape index (κ2) is 14.3. The van der Waals surface area contributed by atoms with Gasteiger partial charge >= 0.3 is 0 Å². The summed E-state index contributed by atoms with van der Waals surface area (Å²) in [4.78, 5) is 0. The van der Waals surface area contributed by atoms with Crippen LogP contribution in [0.1, 0.15) is 64.4 Å². The summed E-state index contributed by atoms with van der Waals surface area (Å²) in [5, 5.41) is 0. The van der Waals surface area contributed by atoms with Gasteiger partial charge in [-0.25, -0.2) is 8.78 Å². The smallest absolute Gasteiger partial charge is 0.227 e. The molecule has 1 aliphatic rings. The summed E-state index contributed by atoms with van der Waals surface area (Å²) in [6.45, 7) is 4.52. The zero-order chi connectivity index (χ0) is 27.5. The van der Waals surface area contributed by atoms with Crippen LogP contribution in [0.3, 0.4) is 0 Å². The van der Waals surface area contributed by atoms with Crippen LogP contribution >= 0.6 is 0 Å². The minimum Gasteiger partial charge on any atom is -0.344 e. The first-order valence-electron chi connectivity index (χ1n) is 14.3. The fraction of sp³-hybridized carbons (Fsp3) is 0.371. The van der Waals surface area contributed by atoms with Gasteiger partial charge in [0.15, 0.2) is 0 Å². The van der Waals surface area contributed by atoms with E-state index in [1.807, 2.05) is 42.5 Å². The first-order valence-corrected chi connectivity index (χ1v) is 14.3. The number of rotatable bonds is 14. The van der Waals surface area contributed by atoms with Crippen LogP contribution in [0.2, 0.25) is 0 Å². The highest BCUT2D eigenvalue weighted by molar-refractivity contribution is 5.79. The molecule has 0 aliphatic heterocycles. The molecule has 4 rings (SSSR count). The molecule has 39 heavy (non-hydrogen) atoms. The fourth-order valence-corrected chi connectivity index (χ4v) is 5.04. The Morgan fingerprint density at radius 3 is 1.72 bits per heavy atom. The molecule has 2 unspecified atom stereocenters. The molecule has 0 bridgehead atoms. The molecule has 206 valence electrons. The minimum atomic E-state index is -2.02. The third kappa shape index (κ3) is 7.32. The highest BCUT2D eigenvalue weighted by Gasteiger charge is 2.45. The van der Waals surface area contributed by atoms with Crippen molar-refractivity contribution in [2.75, 3.05) is 13.2 Å². The fourth-order valence-electron chi connectivity index (χ4n) is 5.04. The maximum absolute atomic E-state index is 15.5. The first kappa shape index (κ1) is 28.9. The molecule has 0 spiro atoms. The molecule has 0 aromatic heterocycles. The van der Waals surface area contributed by atoms with Gasteiger partial charge in [-0.15, -0.1) is 0 Å². The molecule has 0 heterocycles. The summed E-state index contributed by atoms with van der Waals surface area (Å²) in [5.74, 6) is -2.57. The summed E-state index contributed by atoms with van der Waals surface area (Å²) < 4.78 is 42.5. The van der Waals surface area contributed by atoms with Gasteiger partial charge < -0.3 is 9.47 Å². The molecular weight excluding hydrogens is 490 g/mol. The van der Waals surface area contributed by atoms with Crippen molar-refractivity contribution in [1.29, 1.82) is 0 Å². The van der Waals surface area contributed by atoms with Crippen LogP contribution in [0.15, 0.2) is 96.8 Å². The molecule has 3 aromatic rings. The Labute approximate surface area is 232 Å². The average Bonchev–Trinajstić information content (AvgIpc) is 2.98. The molecule has 0 saturated heterocycles. The van der Waals surface area contributed by atoms with E-state index in [-0.39, 0.29) is 12.2 Å². The van der Waals surface area contributed by atoms with Gasteiger partial charge in [0, 0.05) is 12.2 Å². The Kier molecular flexibility index (Phi) is 10.6. The maximum Gasteiger partial charge on any atom is 0.227 e. The molecule has 4 heteroatoms. The van der Waals surface area contributed by atoms with Crippen molar-refractivity contribution in [1.82, 2.24) is 0 Å². The summed E-state index contributed by atoms with van der Waals surface area (Å²) >= 11 is 0. The number of alkyl halides is 1. The summed E-state index contributed by atoms with van der Waals surface area (Å²) in [7, 11) is 0. The standard InChI is InChI=1S/C35H40F2O2/c1-3-5-6-7-8-9-13-26-39-35(38-4-2)25-24-32(33(36)34(35)37)31-22-20-30(21-23-31)29-18-16-28(17-19-29)27-14-11-10-12-15-27/h10-12,14-25,34H,3-9,13,26H2,1-2H3. The Hall–Kier alpha value is -3.08. The van der Waals surface area contributed by atoms with E-state index in [2.05, 4.69) is 43.3 Å². The number of ether oxygens (including phenoxy) is 2.